The van der Waals surface area contributed by atoms with E-state index < -0.39 is 9.76 Å². The van der Waals surface area contributed by atoms with Crippen molar-refractivity contribution in [3.8, 4) is 0 Å². The Morgan fingerprint density at radius 3 is 2.62 bits per heavy atom. The maximum Gasteiger partial charge on any atom is 0.509 e. The van der Waals surface area contributed by atoms with Crippen LogP contribution in [0.15, 0.2) is 0 Å². The van der Waals surface area contributed by atoms with Crippen LogP contribution in [-0.2, 0) is 9.47 Å². The number of carbonyl (C=O) groups is 1. The van der Waals surface area contributed by atoms with E-state index in [4.69, 9.17) is 0 Å². The molecule has 1 unspecified atom stereocenters. The summed E-state index contributed by atoms with van der Waals surface area (Å²) in [4.78, 5) is 10.2. The molecule has 0 amide bonds. The zero-order valence-corrected chi connectivity index (χ0v) is 6.47. The Bertz CT molecular complexity index is 120. The van der Waals surface area contributed by atoms with Gasteiger partial charge in [0.2, 0.25) is 0 Å². The van der Waals surface area contributed by atoms with Crippen molar-refractivity contribution < 1.29 is 14.3 Å². The molecule has 0 aromatic rings. The average molecular weight is 228 g/mol. The SMILES string of the molecule is CC1(I)COC(=O)O1. The summed E-state index contributed by atoms with van der Waals surface area (Å²) in [6.07, 6.45) is -0.568. The van der Waals surface area contributed by atoms with E-state index in [1.807, 2.05) is 22.6 Å². The third kappa shape index (κ3) is 1.24. The van der Waals surface area contributed by atoms with Crippen molar-refractivity contribution >= 4 is 28.7 Å². The van der Waals surface area contributed by atoms with Gasteiger partial charge in [-0.3, -0.25) is 0 Å². The van der Waals surface area contributed by atoms with E-state index in [1.165, 1.54) is 0 Å². The predicted octanol–water partition coefficient (Wildman–Crippen LogP) is 1.30. The lowest BCUT2D eigenvalue weighted by Gasteiger charge is -2.07. The molecule has 1 rings (SSSR count). The summed E-state index contributed by atoms with van der Waals surface area (Å²) < 4.78 is 8.74. The van der Waals surface area contributed by atoms with E-state index in [2.05, 4.69) is 9.47 Å². The van der Waals surface area contributed by atoms with Gasteiger partial charge in [-0.2, -0.15) is 0 Å². The molecule has 0 spiro atoms. The number of ether oxygens (including phenoxy) is 2. The molecule has 3 nitrogen and oxygen atoms in total. The van der Waals surface area contributed by atoms with Crippen LogP contribution in [0.3, 0.4) is 0 Å². The van der Waals surface area contributed by atoms with Gasteiger partial charge in [0.05, 0.1) is 0 Å². The highest BCUT2D eigenvalue weighted by molar-refractivity contribution is 14.1. The molecule has 0 aliphatic carbocycles. The molecule has 1 fully saturated rings. The smallest absolute Gasteiger partial charge is 0.429 e. The van der Waals surface area contributed by atoms with Gasteiger partial charge in [0.25, 0.3) is 0 Å². The first kappa shape index (κ1) is 6.12. The highest BCUT2D eigenvalue weighted by atomic mass is 127. The summed E-state index contributed by atoms with van der Waals surface area (Å²) in [6, 6.07) is 0. The molecule has 0 aromatic carbocycles. The number of alkyl halides is 1. The quantitative estimate of drug-likeness (QED) is 0.356. The minimum absolute atomic E-state index is 0.354. The Labute approximate surface area is 60.5 Å². The maximum atomic E-state index is 10.2. The lowest BCUT2D eigenvalue weighted by Crippen LogP contribution is -2.16. The van der Waals surface area contributed by atoms with Gasteiger partial charge in [-0.1, -0.05) is 0 Å². The number of hydrogen-bond acceptors (Lipinski definition) is 3. The van der Waals surface area contributed by atoms with E-state index >= 15 is 0 Å². The summed E-state index contributed by atoms with van der Waals surface area (Å²) in [5, 5.41) is 0. The Morgan fingerprint density at radius 2 is 2.50 bits per heavy atom. The van der Waals surface area contributed by atoms with Crippen LogP contribution in [-0.4, -0.2) is 16.4 Å². The second-order valence-electron chi connectivity index (χ2n) is 1.74. The van der Waals surface area contributed by atoms with Crippen molar-refractivity contribution in [2.45, 2.75) is 10.5 Å². The van der Waals surface area contributed by atoms with E-state index in [1.54, 1.807) is 6.92 Å². The summed E-state index contributed by atoms with van der Waals surface area (Å²) >= 11 is 2.01. The molecule has 1 saturated heterocycles. The Hall–Kier alpha value is 0. The van der Waals surface area contributed by atoms with Crippen molar-refractivity contribution in [1.82, 2.24) is 0 Å². The molecular formula is C4H5IO3. The number of carbonyl (C=O) groups excluding carboxylic acids is 1. The predicted molar refractivity (Wildman–Crippen MR) is 34.9 cm³/mol. The van der Waals surface area contributed by atoms with E-state index in [0.717, 1.165) is 0 Å². The zero-order valence-electron chi connectivity index (χ0n) is 4.31. The molecule has 8 heavy (non-hydrogen) atoms. The largest absolute Gasteiger partial charge is 0.509 e. The van der Waals surface area contributed by atoms with Crippen molar-refractivity contribution in [2.24, 2.45) is 0 Å². The van der Waals surface area contributed by atoms with Gasteiger partial charge in [-0.25, -0.2) is 4.79 Å². The number of halogens is 1. The summed E-state index contributed by atoms with van der Waals surface area (Å²) in [6.45, 7) is 2.14. The first-order valence-electron chi connectivity index (χ1n) is 2.15. The average Bonchev–Trinajstić information content (AvgIpc) is 1.82. The summed E-state index contributed by atoms with van der Waals surface area (Å²) in [5.74, 6) is 0. The van der Waals surface area contributed by atoms with Crippen molar-refractivity contribution in [3.63, 3.8) is 0 Å². The molecule has 0 saturated carbocycles. The molecular weight excluding hydrogens is 223 g/mol. The van der Waals surface area contributed by atoms with Gasteiger partial charge in [-0.05, 0) is 29.5 Å². The van der Waals surface area contributed by atoms with Gasteiger partial charge < -0.3 is 9.47 Å². The summed E-state index contributed by atoms with van der Waals surface area (Å²) in [5.41, 5.74) is 0. The molecule has 1 heterocycles. The second kappa shape index (κ2) is 1.75. The standard InChI is InChI=1S/C4H5IO3/c1-4(5)2-7-3(6)8-4/h2H2,1H3. The molecule has 4 heteroatoms. The van der Waals surface area contributed by atoms with E-state index in [9.17, 15) is 4.79 Å². The van der Waals surface area contributed by atoms with Gasteiger partial charge in [-0.15, -0.1) is 0 Å². The van der Waals surface area contributed by atoms with Gasteiger partial charge in [0.15, 0.2) is 3.61 Å². The third-order valence-corrected chi connectivity index (χ3v) is 1.28. The highest BCUT2D eigenvalue weighted by Gasteiger charge is 2.34. The van der Waals surface area contributed by atoms with Crippen LogP contribution in [0.1, 0.15) is 6.92 Å². The van der Waals surface area contributed by atoms with Gasteiger partial charge in [0, 0.05) is 0 Å². The normalized spacial score (nSPS) is 36.5. The van der Waals surface area contributed by atoms with Crippen LogP contribution in [0.25, 0.3) is 0 Å². The van der Waals surface area contributed by atoms with Gasteiger partial charge in [0.1, 0.15) is 6.61 Å². The lowest BCUT2D eigenvalue weighted by atomic mass is 10.5. The number of hydrogen-bond donors (Lipinski definition) is 0. The Kier molecular flexibility index (Phi) is 1.34. The second-order valence-corrected chi connectivity index (χ2v) is 4.02. The molecule has 1 aliphatic heterocycles. The van der Waals surface area contributed by atoms with Crippen LogP contribution >= 0.6 is 22.6 Å². The molecule has 1 aliphatic rings. The van der Waals surface area contributed by atoms with Crippen molar-refractivity contribution in [3.05, 3.63) is 0 Å². The van der Waals surface area contributed by atoms with Crippen LogP contribution in [0.4, 0.5) is 4.79 Å². The number of cyclic esters (lactones) is 2. The van der Waals surface area contributed by atoms with E-state index in [-0.39, 0.29) is 0 Å². The van der Waals surface area contributed by atoms with Gasteiger partial charge >= 0.3 is 6.16 Å². The topological polar surface area (TPSA) is 35.5 Å². The fourth-order valence-corrected chi connectivity index (χ4v) is 0.756. The molecule has 0 bridgehead atoms. The maximum absolute atomic E-state index is 10.2. The lowest BCUT2D eigenvalue weighted by molar-refractivity contribution is 0.118. The fourth-order valence-electron chi connectivity index (χ4n) is 0.421. The summed E-state index contributed by atoms with van der Waals surface area (Å²) in [7, 11) is 0. The fraction of sp³-hybridized carbons (Fsp3) is 0.750. The minimum atomic E-state index is -0.568. The van der Waals surface area contributed by atoms with Crippen LogP contribution in [0, 0.1) is 0 Å². The van der Waals surface area contributed by atoms with Crippen LogP contribution < -0.4 is 0 Å². The molecule has 1 atom stereocenters. The zero-order chi connectivity index (χ0) is 6.20. The van der Waals surface area contributed by atoms with Crippen LogP contribution in [0.2, 0.25) is 0 Å². The molecule has 0 N–H and O–H groups in total. The Balaban J connectivity index is 2.56. The van der Waals surface area contributed by atoms with Crippen molar-refractivity contribution in [1.29, 1.82) is 0 Å². The Morgan fingerprint density at radius 1 is 1.88 bits per heavy atom. The molecule has 46 valence electrons. The first-order valence-corrected chi connectivity index (χ1v) is 3.23. The molecule has 0 aromatic heterocycles. The monoisotopic (exact) mass is 228 g/mol. The highest BCUT2D eigenvalue weighted by Crippen LogP contribution is 2.25. The third-order valence-electron chi connectivity index (χ3n) is 0.744. The minimum Gasteiger partial charge on any atom is -0.429 e. The van der Waals surface area contributed by atoms with Crippen LogP contribution in [0.5, 0.6) is 0 Å². The van der Waals surface area contributed by atoms with E-state index in [0.29, 0.717) is 6.61 Å². The number of rotatable bonds is 0. The molecule has 0 radical (unpaired) electrons. The first-order chi connectivity index (χ1) is 3.60. The van der Waals surface area contributed by atoms with Crippen molar-refractivity contribution in [2.75, 3.05) is 6.61 Å².